The lowest BCUT2D eigenvalue weighted by atomic mass is 10.2. The molecule has 18 heavy (non-hydrogen) atoms. The highest BCUT2D eigenvalue weighted by atomic mass is 35.5. The van der Waals surface area contributed by atoms with Crippen molar-refractivity contribution in [3.05, 3.63) is 33.3 Å². The van der Waals surface area contributed by atoms with Crippen LogP contribution in [0.1, 0.15) is 11.4 Å². The van der Waals surface area contributed by atoms with Crippen LogP contribution in [0.3, 0.4) is 0 Å². The molecule has 0 aliphatic heterocycles. The summed E-state index contributed by atoms with van der Waals surface area (Å²) in [5.41, 5.74) is 0.526. The highest BCUT2D eigenvalue weighted by molar-refractivity contribution is 7.71. The minimum atomic E-state index is -0.357. The molecule has 3 N–H and O–H groups in total. The van der Waals surface area contributed by atoms with E-state index < -0.39 is 0 Å². The molecular formula is C10H9ClN4O2S. The van der Waals surface area contributed by atoms with Crippen molar-refractivity contribution >= 4 is 30.0 Å². The molecule has 0 saturated carbocycles. The molecule has 1 heterocycles. The predicted octanol–water partition coefficient (Wildman–Crippen LogP) is 2.20. The summed E-state index contributed by atoms with van der Waals surface area (Å²) in [5.74, 6) is -0.0632. The van der Waals surface area contributed by atoms with Crippen LogP contribution in [0.25, 0.3) is 0 Å². The van der Waals surface area contributed by atoms with Crippen molar-refractivity contribution in [2.75, 3.05) is 0 Å². The molecule has 2 rings (SSSR count). The molecule has 8 heteroatoms. The average molecular weight is 285 g/mol. The van der Waals surface area contributed by atoms with Crippen molar-refractivity contribution in [2.24, 2.45) is 5.10 Å². The summed E-state index contributed by atoms with van der Waals surface area (Å²) in [5, 5.41) is 29.3. The van der Waals surface area contributed by atoms with E-state index in [1.807, 2.05) is 0 Å². The van der Waals surface area contributed by atoms with Gasteiger partial charge in [0, 0.05) is 0 Å². The maximum Gasteiger partial charge on any atom is 0.216 e. The van der Waals surface area contributed by atoms with Crippen LogP contribution in [0, 0.1) is 11.7 Å². The van der Waals surface area contributed by atoms with Crippen molar-refractivity contribution in [2.45, 2.75) is 6.92 Å². The maximum absolute atomic E-state index is 9.41. The quantitative estimate of drug-likeness (QED) is 0.448. The van der Waals surface area contributed by atoms with Crippen molar-refractivity contribution in [1.29, 1.82) is 0 Å². The van der Waals surface area contributed by atoms with Gasteiger partial charge in [-0.2, -0.15) is 14.9 Å². The van der Waals surface area contributed by atoms with Gasteiger partial charge < -0.3 is 10.2 Å². The first-order valence-corrected chi connectivity index (χ1v) is 5.67. The van der Waals surface area contributed by atoms with Gasteiger partial charge in [0.05, 0.1) is 11.2 Å². The molecule has 0 radical (unpaired) electrons. The molecule has 0 aliphatic rings. The number of benzene rings is 1. The van der Waals surface area contributed by atoms with E-state index in [4.69, 9.17) is 23.8 Å². The first-order chi connectivity index (χ1) is 8.49. The summed E-state index contributed by atoms with van der Waals surface area (Å²) in [4.78, 5) is 0. The number of hydrogen-bond acceptors (Lipinski definition) is 5. The second-order valence-corrected chi connectivity index (χ2v) is 4.30. The first kappa shape index (κ1) is 12.6. The Morgan fingerprint density at radius 1 is 1.50 bits per heavy atom. The van der Waals surface area contributed by atoms with Gasteiger partial charge in [0.25, 0.3) is 0 Å². The molecule has 0 aliphatic carbocycles. The molecule has 2 aromatic rings. The molecule has 1 aromatic carbocycles. The molecular weight excluding hydrogens is 276 g/mol. The lowest BCUT2D eigenvalue weighted by Crippen LogP contribution is -1.93. The molecule has 0 atom stereocenters. The van der Waals surface area contributed by atoms with Crippen LogP contribution in [-0.4, -0.2) is 31.3 Å². The number of halogens is 1. The zero-order chi connectivity index (χ0) is 13.3. The summed E-state index contributed by atoms with van der Waals surface area (Å²) in [6.45, 7) is 1.74. The van der Waals surface area contributed by atoms with E-state index in [2.05, 4.69) is 15.3 Å². The zero-order valence-electron chi connectivity index (χ0n) is 9.25. The standard InChI is InChI=1S/C10H9ClN4O2S/c1-5-13-14-10(18)15(5)12-4-6-2-7(11)9(17)8(16)3-6/h2-4,16-17H,1H3,(H,14,18)/b12-4+. The zero-order valence-corrected chi connectivity index (χ0v) is 10.8. The van der Waals surface area contributed by atoms with Crippen LogP contribution in [0.15, 0.2) is 17.2 Å². The second kappa shape index (κ2) is 4.79. The number of phenols is 2. The van der Waals surface area contributed by atoms with Gasteiger partial charge >= 0.3 is 0 Å². The van der Waals surface area contributed by atoms with Crippen molar-refractivity contribution in [3.8, 4) is 11.5 Å². The fourth-order valence-electron chi connectivity index (χ4n) is 1.31. The Hall–Kier alpha value is -1.86. The van der Waals surface area contributed by atoms with Gasteiger partial charge in [-0.15, -0.1) is 0 Å². The van der Waals surface area contributed by atoms with Gasteiger partial charge in [0.1, 0.15) is 5.82 Å². The van der Waals surface area contributed by atoms with Gasteiger partial charge in [-0.05, 0) is 36.8 Å². The number of aromatic amines is 1. The van der Waals surface area contributed by atoms with Gasteiger partial charge in [0.2, 0.25) is 4.77 Å². The Bertz CT molecular complexity index is 654. The predicted molar refractivity (Wildman–Crippen MR) is 69.9 cm³/mol. The van der Waals surface area contributed by atoms with E-state index in [9.17, 15) is 10.2 Å². The SMILES string of the molecule is Cc1n[nH]c(=S)n1/N=C/c1cc(O)c(O)c(Cl)c1. The Morgan fingerprint density at radius 2 is 2.22 bits per heavy atom. The lowest BCUT2D eigenvalue weighted by molar-refractivity contribution is 0.404. The third kappa shape index (κ3) is 2.36. The molecule has 94 valence electrons. The van der Waals surface area contributed by atoms with Crippen LogP contribution >= 0.6 is 23.8 Å². The van der Waals surface area contributed by atoms with Gasteiger partial charge in [0.15, 0.2) is 11.5 Å². The Labute approximate surface area is 112 Å². The van der Waals surface area contributed by atoms with Crippen LogP contribution in [-0.2, 0) is 0 Å². The van der Waals surface area contributed by atoms with E-state index in [-0.39, 0.29) is 16.5 Å². The number of phenolic OH excluding ortho intramolecular Hbond substituents is 2. The number of H-pyrrole nitrogens is 1. The molecule has 0 spiro atoms. The normalized spacial score (nSPS) is 11.2. The lowest BCUT2D eigenvalue weighted by Gasteiger charge is -2.01. The van der Waals surface area contributed by atoms with Crippen molar-refractivity contribution in [1.82, 2.24) is 14.9 Å². The Balaban J connectivity index is 2.38. The summed E-state index contributed by atoms with van der Waals surface area (Å²) >= 11 is 10.7. The van der Waals surface area contributed by atoms with Gasteiger partial charge in [-0.1, -0.05) is 11.6 Å². The van der Waals surface area contributed by atoms with E-state index in [1.54, 1.807) is 6.92 Å². The molecule has 0 amide bonds. The Morgan fingerprint density at radius 3 is 2.78 bits per heavy atom. The minimum absolute atomic E-state index is 0.0453. The second-order valence-electron chi connectivity index (χ2n) is 3.50. The number of hydrogen-bond donors (Lipinski definition) is 3. The van der Waals surface area contributed by atoms with E-state index >= 15 is 0 Å². The van der Waals surface area contributed by atoms with Gasteiger partial charge in [-0.25, -0.2) is 0 Å². The van der Waals surface area contributed by atoms with Crippen LogP contribution in [0.4, 0.5) is 0 Å². The largest absolute Gasteiger partial charge is 0.504 e. The van der Waals surface area contributed by atoms with E-state index in [0.29, 0.717) is 16.2 Å². The number of nitrogens with zero attached hydrogens (tertiary/aromatic N) is 3. The number of aromatic hydroxyl groups is 2. The highest BCUT2D eigenvalue weighted by Gasteiger charge is 2.06. The van der Waals surface area contributed by atoms with Crippen LogP contribution in [0.5, 0.6) is 11.5 Å². The maximum atomic E-state index is 9.41. The summed E-state index contributed by atoms with van der Waals surface area (Å²) in [6, 6.07) is 2.81. The third-order valence-corrected chi connectivity index (χ3v) is 2.75. The molecule has 0 fully saturated rings. The number of aryl methyl sites for hydroxylation is 1. The molecule has 1 aromatic heterocycles. The van der Waals surface area contributed by atoms with E-state index in [1.165, 1.54) is 23.0 Å². The molecule has 0 saturated heterocycles. The highest BCUT2D eigenvalue weighted by Crippen LogP contribution is 2.33. The topological polar surface area (TPSA) is 86.4 Å². The van der Waals surface area contributed by atoms with E-state index in [0.717, 1.165) is 0 Å². The van der Waals surface area contributed by atoms with Gasteiger partial charge in [-0.3, -0.25) is 5.10 Å². The van der Waals surface area contributed by atoms with Crippen molar-refractivity contribution in [3.63, 3.8) is 0 Å². The average Bonchev–Trinajstić information content (AvgIpc) is 2.63. The minimum Gasteiger partial charge on any atom is -0.504 e. The number of rotatable bonds is 2. The van der Waals surface area contributed by atoms with Crippen LogP contribution < -0.4 is 0 Å². The fourth-order valence-corrected chi connectivity index (χ4v) is 1.76. The molecule has 0 unspecified atom stereocenters. The third-order valence-electron chi connectivity index (χ3n) is 2.20. The molecule has 6 nitrogen and oxygen atoms in total. The summed E-state index contributed by atoms with van der Waals surface area (Å²) in [7, 11) is 0. The smallest absolute Gasteiger partial charge is 0.216 e. The first-order valence-electron chi connectivity index (χ1n) is 4.89. The fraction of sp³-hybridized carbons (Fsp3) is 0.100. The monoisotopic (exact) mass is 284 g/mol. The van der Waals surface area contributed by atoms with Crippen LogP contribution in [0.2, 0.25) is 5.02 Å². The van der Waals surface area contributed by atoms with Crippen molar-refractivity contribution < 1.29 is 10.2 Å². The molecule has 0 bridgehead atoms. The summed E-state index contributed by atoms with van der Waals surface area (Å²) < 4.78 is 1.78. The number of aromatic nitrogens is 3. The summed E-state index contributed by atoms with van der Waals surface area (Å²) in [6.07, 6.45) is 1.45. The number of nitrogens with one attached hydrogen (secondary N) is 1. The Kier molecular flexibility index (Phi) is 3.35.